The first-order valence-electron chi connectivity index (χ1n) is 6.74. The molecule has 4 unspecified atom stereocenters. The van der Waals surface area contributed by atoms with Gasteiger partial charge in [-0.3, -0.25) is 0 Å². The highest BCUT2D eigenvalue weighted by Crippen LogP contribution is 2.29. The first-order chi connectivity index (χ1) is 7.32. The van der Waals surface area contributed by atoms with Crippen molar-refractivity contribution in [3.63, 3.8) is 0 Å². The highest BCUT2D eigenvalue weighted by molar-refractivity contribution is 4.84. The molecule has 1 rings (SSSR count). The number of hydrogen-bond acceptors (Lipinski definition) is 2. The molecular formula is C14H29NO. The van der Waals surface area contributed by atoms with E-state index in [1.54, 1.807) is 0 Å². The first kappa shape index (κ1) is 14.0. The van der Waals surface area contributed by atoms with E-state index in [-0.39, 0.29) is 11.5 Å². The zero-order chi connectivity index (χ0) is 12.3. The summed E-state index contributed by atoms with van der Waals surface area (Å²) in [5.74, 6) is 1.55. The number of aliphatic hydroxyl groups excluding tert-OH is 1. The van der Waals surface area contributed by atoms with E-state index in [9.17, 15) is 5.11 Å². The third kappa shape index (κ3) is 3.74. The Morgan fingerprint density at radius 3 is 2.44 bits per heavy atom. The fourth-order valence-electron chi connectivity index (χ4n) is 2.44. The smallest absolute Gasteiger partial charge is 0.0712 e. The van der Waals surface area contributed by atoms with E-state index in [4.69, 9.17) is 0 Å². The van der Waals surface area contributed by atoms with Crippen molar-refractivity contribution >= 4 is 0 Å². The van der Waals surface area contributed by atoms with Crippen molar-refractivity contribution in [2.24, 2.45) is 17.3 Å². The van der Waals surface area contributed by atoms with Crippen LogP contribution in [0, 0.1) is 17.3 Å². The Kier molecular flexibility index (Phi) is 4.81. The molecule has 1 aliphatic carbocycles. The maximum Gasteiger partial charge on any atom is 0.0712 e. The van der Waals surface area contributed by atoms with Gasteiger partial charge in [-0.2, -0.15) is 0 Å². The van der Waals surface area contributed by atoms with Crippen LogP contribution in [-0.4, -0.2) is 23.8 Å². The maximum absolute atomic E-state index is 10.0. The van der Waals surface area contributed by atoms with Gasteiger partial charge >= 0.3 is 0 Å². The predicted octanol–water partition coefficient (Wildman–Crippen LogP) is 2.81. The zero-order valence-corrected chi connectivity index (χ0v) is 11.6. The highest BCUT2D eigenvalue weighted by Gasteiger charge is 2.28. The van der Waals surface area contributed by atoms with Crippen LogP contribution in [0.15, 0.2) is 0 Å². The lowest BCUT2D eigenvalue weighted by atomic mass is 9.78. The van der Waals surface area contributed by atoms with E-state index in [1.807, 2.05) is 0 Å². The van der Waals surface area contributed by atoms with Crippen LogP contribution in [0.5, 0.6) is 0 Å². The molecule has 0 aromatic carbocycles. The van der Waals surface area contributed by atoms with Crippen LogP contribution in [0.3, 0.4) is 0 Å². The minimum Gasteiger partial charge on any atom is -0.391 e. The van der Waals surface area contributed by atoms with Gasteiger partial charge in [0.1, 0.15) is 0 Å². The van der Waals surface area contributed by atoms with Gasteiger partial charge in [-0.05, 0) is 23.7 Å². The van der Waals surface area contributed by atoms with Gasteiger partial charge in [0.15, 0.2) is 0 Å². The van der Waals surface area contributed by atoms with Crippen molar-refractivity contribution in [1.29, 1.82) is 0 Å². The van der Waals surface area contributed by atoms with Crippen molar-refractivity contribution in [3.8, 4) is 0 Å². The van der Waals surface area contributed by atoms with Gasteiger partial charge in [0.2, 0.25) is 0 Å². The molecule has 0 aliphatic heterocycles. The van der Waals surface area contributed by atoms with Crippen LogP contribution in [0.4, 0.5) is 0 Å². The molecule has 0 aromatic rings. The molecule has 2 heteroatoms. The molecule has 1 aliphatic rings. The Bertz CT molecular complexity index is 209. The molecule has 2 nitrogen and oxygen atoms in total. The second-order valence-corrected chi connectivity index (χ2v) is 6.66. The second-order valence-electron chi connectivity index (χ2n) is 6.66. The summed E-state index contributed by atoms with van der Waals surface area (Å²) in [5, 5.41) is 13.6. The lowest BCUT2D eigenvalue weighted by Crippen LogP contribution is -2.46. The zero-order valence-electron chi connectivity index (χ0n) is 11.6. The molecule has 0 bridgehead atoms. The van der Waals surface area contributed by atoms with Crippen LogP contribution in [0.2, 0.25) is 0 Å². The maximum atomic E-state index is 10.0. The number of rotatable bonds is 3. The average molecular weight is 227 g/mol. The quantitative estimate of drug-likeness (QED) is 0.777. The van der Waals surface area contributed by atoms with Crippen molar-refractivity contribution in [2.45, 2.75) is 66.0 Å². The van der Waals surface area contributed by atoms with Crippen LogP contribution < -0.4 is 5.32 Å². The van der Waals surface area contributed by atoms with Gasteiger partial charge in [0, 0.05) is 12.6 Å². The highest BCUT2D eigenvalue weighted by atomic mass is 16.3. The normalized spacial score (nSPS) is 33.8. The Balaban J connectivity index is 2.37. The Labute approximate surface area is 101 Å². The van der Waals surface area contributed by atoms with E-state index in [2.05, 4.69) is 39.9 Å². The second kappa shape index (κ2) is 5.50. The van der Waals surface area contributed by atoms with Gasteiger partial charge in [0.25, 0.3) is 0 Å². The monoisotopic (exact) mass is 227 g/mol. The van der Waals surface area contributed by atoms with Crippen LogP contribution in [-0.2, 0) is 0 Å². The topological polar surface area (TPSA) is 32.3 Å². The summed E-state index contributed by atoms with van der Waals surface area (Å²) in [4.78, 5) is 0. The average Bonchev–Trinajstić information content (AvgIpc) is 2.18. The summed E-state index contributed by atoms with van der Waals surface area (Å²) in [5.41, 5.74) is -0.0173. The van der Waals surface area contributed by atoms with E-state index in [1.165, 1.54) is 19.3 Å². The Hall–Kier alpha value is -0.0800. The molecule has 1 fully saturated rings. The van der Waals surface area contributed by atoms with Gasteiger partial charge in [-0.25, -0.2) is 0 Å². The molecule has 0 heterocycles. The standard InChI is InChI=1S/C14H29NO/c1-10-7-6-8-12(11(10)2)15-9-13(16)14(3,4)5/h10-13,15-16H,6-9H2,1-5H3. The molecule has 96 valence electrons. The molecule has 16 heavy (non-hydrogen) atoms. The third-order valence-corrected chi connectivity index (χ3v) is 4.28. The summed E-state index contributed by atoms with van der Waals surface area (Å²) in [6.45, 7) is 11.7. The van der Waals surface area contributed by atoms with E-state index in [0.717, 1.165) is 18.4 Å². The summed E-state index contributed by atoms with van der Waals surface area (Å²) >= 11 is 0. The molecule has 1 saturated carbocycles. The van der Waals surface area contributed by atoms with Gasteiger partial charge in [-0.15, -0.1) is 0 Å². The van der Waals surface area contributed by atoms with E-state index < -0.39 is 0 Å². The van der Waals surface area contributed by atoms with Gasteiger partial charge in [-0.1, -0.05) is 47.5 Å². The van der Waals surface area contributed by atoms with Crippen molar-refractivity contribution in [2.75, 3.05) is 6.54 Å². The lowest BCUT2D eigenvalue weighted by molar-refractivity contribution is 0.0544. The SMILES string of the molecule is CC1CCCC(NCC(O)C(C)(C)C)C1C. The minimum absolute atomic E-state index is 0.0173. The predicted molar refractivity (Wildman–Crippen MR) is 69.4 cm³/mol. The lowest BCUT2D eigenvalue weighted by Gasteiger charge is -2.36. The molecule has 0 amide bonds. The Morgan fingerprint density at radius 1 is 1.25 bits per heavy atom. The Morgan fingerprint density at radius 2 is 1.88 bits per heavy atom. The fraction of sp³-hybridized carbons (Fsp3) is 1.00. The molecule has 0 aromatic heterocycles. The molecule has 2 N–H and O–H groups in total. The molecular weight excluding hydrogens is 198 g/mol. The summed E-state index contributed by atoms with van der Waals surface area (Å²) in [7, 11) is 0. The van der Waals surface area contributed by atoms with E-state index in [0.29, 0.717) is 6.04 Å². The van der Waals surface area contributed by atoms with Crippen molar-refractivity contribution < 1.29 is 5.11 Å². The largest absolute Gasteiger partial charge is 0.391 e. The summed E-state index contributed by atoms with van der Waals surface area (Å²) in [6.07, 6.45) is 3.70. The third-order valence-electron chi connectivity index (χ3n) is 4.28. The number of aliphatic hydroxyl groups is 1. The summed E-state index contributed by atoms with van der Waals surface area (Å²) in [6, 6.07) is 0.598. The van der Waals surface area contributed by atoms with Crippen molar-refractivity contribution in [3.05, 3.63) is 0 Å². The molecule has 0 spiro atoms. The molecule has 0 saturated heterocycles. The van der Waals surface area contributed by atoms with Crippen molar-refractivity contribution in [1.82, 2.24) is 5.32 Å². The minimum atomic E-state index is -0.253. The van der Waals surface area contributed by atoms with Crippen LogP contribution in [0.1, 0.15) is 53.9 Å². The van der Waals surface area contributed by atoms with Crippen LogP contribution >= 0.6 is 0 Å². The van der Waals surface area contributed by atoms with Crippen LogP contribution in [0.25, 0.3) is 0 Å². The van der Waals surface area contributed by atoms with Gasteiger partial charge < -0.3 is 10.4 Å². The van der Waals surface area contributed by atoms with Gasteiger partial charge in [0.05, 0.1) is 6.10 Å². The molecule has 4 atom stereocenters. The summed E-state index contributed by atoms with van der Waals surface area (Å²) < 4.78 is 0. The number of nitrogens with one attached hydrogen (secondary N) is 1. The molecule has 0 radical (unpaired) electrons. The first-order valence-corrected chi connectivity index (χ1v) is 6.74. The van der Waals surface area contributed by atoms with E-state index >= 15 is 0 Å². The number of hydrogen-bond donors (Lipinski definition) is 2. The fourth-order valence-corrected chi connectivity index (χ4v) is 2.44.